The first-order valence-corrected chi connectivity index (χ1v) is 11.2. The first-order valence-electron chi connectivity index (χ1n) is 4.26. The Morgan fingerprint density at radius 3 is 2.71 bits per heavy atom. The number of ether oxygens (including phenoxy) is 1. The molecule has 0 aliphatic rings. The van der Waals surface area contributed by atoms with Crippen molar-refractivity contribution >= 4 is 13.6 Å². The van der Waals surface area contributed by atoms with Crippen LogP contribution in [0, 0.1) is 17.8 Å². The van der Waals surface area contributed by atoms with Crippen LogP contribution >= 0.6 is 13.6 Å². The van der Waals surface area contributed by atoms with Crippen LogP contribution in [0.4, 0.5) is 4.39 Å². The number of para-hydroxylation sites is 1. The van der Waals surface area contributed by atoms with E-state index in [0.29, 0.717) is 12.5 Å². The molecular formula is C10H12BrFOZn. The van der Waals surface area contributed by atoms with E-state index in [2.05, 4.69) is 19.7 Å². The molecule has 1 aromatic carbocycles. The van der Waals surface area contributed by atoms with Gasteiger partial charge in [0.1, 0.15) is 0 Å². The zero-order valence-corrected chi connectivity index (χ0v) is 12.9. The van der Waals surface area contributed by atoms with Crippen LogP contribution in [0.3, 0.4) is 0 Å². The molecule has 74 valence electrons. The molecule has 0 atom stereocenters. The standard InChI is InChI=1S/C10H12FO.BrH.Zn/c1-8(2)7-12-10-6-4-3-5-9(10)11;;/h3-5,8H,7H2,1-2H3;1H;/q-1;;+2/p-1. The van der Waals surface area contributed by atoms with E-state index < -0.39 is 0 Å². The van der Waals surface area contributed by atoms with E-state index in [9.17, 15) is 4.39 Å². The van der Waals surface area contributed by atoms with Crippen molar-refractivity contribution in [3.63, 3.8) is 0 Å². The number of benzene rings is 1. The minimum absolute atomic E-state index is 0.214. The molecular weight excluding hydrogens is 300 g/mol. The normalized spacial score (nSPS) is 9.36. The third-order valence-electron chi connectivity index (χ3n) is 1.33. The molecule has 0 aliphatic carbocycles. The fourth-order valence-electron chi connectivity index (χ4n) is 0.762. The van der Waals surface area contributed by atoms with E-state index >= 15 is 0 Å². The summed E-state index contributed by atoms with van der Waals surface area (Å²) in [7, 11) is 0. The topological polar surface area (TPSA) is 9.23 Å². The van der Waals surface area contributed by atoms with Crippen LogP contribution in [-0.4, -0.2) is 6.61 Å². The summed E-state index contributed by atoms with van der Waals surface area (Å²) >= 11 is 4.25. The summed E-state index contributed by atoms with van der Waals surface area (Å²) in [4.78, 5) is 0. The van der Waals surface area contributed by atoms with Crippen LogP contribution in [0.5, 0.6) is 5.75 Å². The predicted octanol–water partition coefficient (Wildman–Crippen LogP) is 3.50. The van der Waals surface area contributed by atoms with E-state index in [4.69, 9.17) is 4.74 Å². The van der Waals surface area contributed by atoms with Crippen molar-refractivity contribution < 1.29 is 25.5 Å². The van der Waals surface area contributed by atoms with Crippen molar-refractivity contribution in [2.45, 2.75) is 13.8 Å². The summed E-state index contributed by atoms with van der Waals surface area (Å²) < 4.78 is 18.1. The first-order chi connectivity index (χ1) is 6.70. The van der Waals surface area contributed by atoms with Crippen LogP contribution in [0.25, 0.3) is 0 Å². The first kappa shape index (κ1) is 14.1. The quantitative estimate of drug-likeness (QED) is 0.613. The van der Waals surface area contributed by atoms with Crippen LogP contribution in [0.15, 0.2) is 18.2 Å². The van der Waals surface area contributed by atoms with E-state index in [0.717, 1.165) is 0 Å². The van der Waals surface area contributed by atoms with E-state index in [1.165, 1.54) is 22.4 Å². The fourth-order valence-corrected chi connectivity index (χ4v) is 0.762. The Bertz CT molecular complexity index is 256. The molecule has 0 radical (unpaired) electrons. The Morgan fingerprint density at radius 1 is 1.57 bits per heavy atom. The van der Waals surface area contributed by atoms with Gasteiger partial charge in [0.05, 0.1) is 6.61 Å². The van der Waals surface area contributed by atoms with Gasteiger partial charge in [-0.1, -0.05) is 13.8 Å². The number of hydrogen-bond acceptors (Lipinski definition) is 1. The molecule has 0 aliphatic heterocycles. The molecule has 0 spiro atoms. The van der Waals surface area contributed by atoms with Gasteiger partial charge in [-0.05, 0) is 5.92 Å². The van der Waals surface area contributed by atoms with Crippen molar-refractivity contribution in [1.29, 1.82) is 0 Å². The average Bonchev–Trinajstić information content (AvgIpc) is 2.19. The summed E-state index contributed by atoms with van der Waals surface area (Å²) in [5.41, 5.74) is 0. The molecule has 0 saturated carbocycles. The molecule has 1 rings (SSSR count). The Hall–Kier alpha value is 0.0534. The fraction of sp³-hybridized carbons (Fsp3) is 0.400. The third kappa shape index (κ3) is 5.71. The van der Waals surface area contributed by atoms with Crippen LogP contribution < -0.4 is 4.74 Å². The molecule has 4 heteroatoms. The summed E-state index contributed by atoms with van der Waals surface area (Å²) in [5.74, 6) is 0.266. The molecule has 0 saturated heterocycles. The Labute approximate surface area is 101 Å². The van der Waals surface area contributed by atoms with Crippen LogP contribution in [0.2, 0.25) is 0 Å². The molecule has 0 amide bonds. The Kier molecular flexibility index (Phi) is 8.40. The van der Waals surface area contributed by atoms with Crippen molar-refractivity contribution in [2.24, 2.45) is 5.92 Å². The van der Waals surface area contributed by atoms with Gasteiger partial charge >= 0.3 is 30.0 Å². The number of hydrogen-bond donors (Lipinski definition) is 0. The SMILES string of the molecule is CC(C)COc1[c-]cccc1F.[Zn+][Br]. The molecule has 0 unspecified atom stereocenters. The maximum atomic E-state index is 12.9. The summed E-state index contributed by atoms with van der Waals surface area (Å²) in [6.45, 7) is 4.55. The van der Waals surface area contributed by atoms with Gasteiger partial charge in [-0.2, -0.15) is 12.1 Å². The monoisotopic (exact) mass is 310 g/mol. The molecule has 0 N–H and O–H groups in total. The van der Waals surface area contributed by atoms with Gasteiger partial charge in [-0.25, -0.2) is 0 Å². The predicted molar refractivity (Wildman–Crippen MR) is 54.5 cm³/mol. The molecule has 0 fully saturated rings. The molecule has 1 aromatic rings. The van der Waals surface area contributed by atoms with E-state index in [1.54, 1.807) is 12.1 Å². The third-order valence-corrected chi connectivity index (χ3v) is 1.33. The minimum atomic E-state index is -0.349. The van der Waals surface area contributed by atoms with E-state index in [-0.39, 0.29) is 11.6 Å². The molecule has 0 aromatic heterocycles. The maximum absolute atomic E-state index is 12.9. The zero-order valence-electron chi connectivity index (χ0n) is 8.39. The van der Waals surface area contributed by atoms with Crippen LogP contribution in [0.1, 0.15) is 13.8 Å². The summed E-state index contributed by atoms with van der Waals surface area (Å²) in [5, 5.41) is 0. The average molecular weight is 312 g/mol. The van der Waals surface area contributed by atoms with Gasteiger partial charge in [0.15, 0.2) is 0 Å². The van der Waals surface area contributed by atoms with Gasteiger partial charge < -0.3 is 4.74 Å². The molecule has 14 heavy (non-hydrogen) atoms. The van der Waals surface area contributed by atoms with Gasteiger partial charge in [0, 0.05) is 11.6 Å². The second-order valence-corrected chi connectivity index (χ2v) is 3.05. The summed E-state index contributed by atoms with van der Waals surface area (Å²) in [6, 6.07) is 7.29. The molecule has 1 nitrogen and oxygen atoms in total. The Balaban J connectivity index is 0.000000791. The second-order valence-electron chi connectivity index (χ2n) is 3.05. The van der Waals surface area contributed by atoms with Crippen molar-refractivity contribution in [2.75, 3.05) is 6.61 Å². The zero-order chi connectivity index (χ0) is 11.0. The summed E-state index contributed by atoms with van der Waals surface area (Å²) in [6.07, 6.45) is 0. The van der Waals surface area contributed by atoms with Crippen molar-refractivity contribution in [3.8, 4) is 5.75 Å². The van der Waals surface area contributed by atoms with Crippen molar-refractivity contribution in [3.05, 3.63) is 30.1 Å². The molecule has 0 bridgehead atoms. The van der Waals surface area contributed by atoms with E-state index in [1.807, 2.05) is 13.8 Å². The molecule has 0 heterocycles. The van der Waals surface area contributed by atoms with Gasteiger partial charge in [-0.3, -0.25) is 4.39 Å². The number of rotatable bonds is 3. The van der Waals surface area contributed by atoms with Gasteiger partial charge in [-0.15, -0.1) is 12.1 Å². The Morgan fingerprint density at radius 2 is 2.21 bits per heavy atom. The van der Waals surface area contributed by atoms with Crippen molar-refractivity contribution in [1.82, 2.24) is 0 Å². The van der Waals surface area contributed by atoms with Crippen LogP contribution in [-0.2, 0) is 16.3 Å². The van der Waals surface area contributed by atoms with Gasteiger partial charge in [0.2, 0.25) is 0 Å². The number of halogens is 2. The van der Waals surface area contributed by atoms with Gasteiger partial charge in [0.25, 0.3) is 0 Å². The second kappa shape index (κ2) is 8.37.